The number of rotatable bonds is 6. The van der Waals surface area contributed by atoms with Crippen LogP contribution in [0.15, 0.2) is 48.5 Å². The van der Waals surface area contributed by atoms with Crippen molar-refractivity contribution in [3.05, 3.63) is 59.9 Å². The molecule has 0 amide bonds. The number of hydrogen-bond acceptors (Lipinski definition) is 4. The van der Waals surface area contributed by atoms with Gasteiger partial charge in [0.1, 0.15) is 5.82 Å². The van der Waals surface area contributed by atoms with Gasteiger partial charge in [-0.25, -0.2) is 12.8 Å². The minimum Gasteiger partial charge on any atom is -0.369 e. The van der Waals surface area contributed by atoms with E-state index in [1.54, 1.807) is 12.1 Å². The molecular weight excluding hydrogens is 365 g/mol. The van der Waals surface area contributed by atoms with Crippen molar-refractivity contribution in [2.75, 3.05) is 35.8 Å². The summed E-state index contributed by atoms with van der Waals surface area (Å²) in [5, 5.41) is 0. The highest BCUT2D eigenvalue weighted by atomic mass is 32.2. The Kier molecular flexibility index (Phi) is 5.06. The van der Waals surface area contributed by atoms with Gasteiger partial charge in [-0.05, 0) is 54.8 Å². The molecule has 5 nitrogen and oxygen atoms in total. The van der Waals surface area contributed by atoms with Crippen LogP contribution in [0.3, 0.4) is 0 Å². The third-order valence-corrected chi connectivity index (χ3v) is 6.41. The molecule has 7 heteroatoms. The molecule has 2 aromatic carbocycles. The summed E-state index contributed by atoms with van der Waals surface area (Å²) in [7, 11) is -3.54. The second-order valence-corrected chi connectivity index (χ2v) is 9.01. The maximum atomic E-state index is 12.9. The van der Waals surface area contributed by atoms with Gasteiger partial charge in [-0.2, -0.15) is 0 Å². The molecule has 1 aliphatic heterocycles. The molecule has 0 radical (unpaired) electrons. The van der Waals surface area contributed by atoms with Crippen LogP contribution in [0.2, 0.25) is 0 Å². The van der Waals surface area contributed by atoms with Crippen LogP contribution >= 0.6 is 0 Å². The highest BCUT2D eigenvalue weighted by molar-refractivity contribution is 7.91. The zero-order valence-corrected chi connectivity index (χ0v) is 16.0. The summed E-state index contributed by atoms with van der Waals surface area (Å²) in [6, 6.07) is 13.8. The van der Waals surface area contributed by atoms with Gasteiger partial charge >= 0.3 is 0 Å². The van der Waals surface area contributed by atoms with Gasteiger partial charge < -0.3 is 4.90 Å². The number of benzene rings is 2. The van der Waals surface area contributed by atoms with Crippen LogP contribution in [0.25, 0.3) is 0 Å². The molecule has 144 valence electrons. The molecule has 0 spiro atoms. The monoisotopic (exact) mass is 389 g/mol. The van der Waals surface area contributed by atoms with Gasteiger partial charge in [-0.15, -0.1) is 0 Å². The third kappa shape index (κ3) is 4.78. The van der Waals surface area contributed by atoms with Crippen molar-refractivity contribution in [3.8, 4) is 0 Å². The third-order valence-electron chi connectivity index (χ3n) is 5.15. The maximum absolute atomic E-state index is 12.9. The zero-order valence-electron chi connectivity index (χ0n) is 15.1. The fourth-order valence-electron chi connectivity index (χ4n) is 3.54. The summed E-state index contributed by atoms with van der Waals surface area (Å²) in [6.45, 7) is 4.20. The zero-order chi connectivity index (χ0) is 18.9. The molecule has 1 saturated carbocycles. The lowest BCUT2D eigenvalue weighted by Crippen LogP contribution is -2.47. The molecule has 0 bridgehead atoms. The van der Waals surface area contributed by atoms with E-state index in [4.69, 9.17) is 0 Å². The van der Waals surface area contributed by atoms with Crippen LogP contribution in [0.4, 0.5) is 15.8 Å². The Bertz CT molecular complexity index is 872. The van der Waals surface area contributed by atoms with Gasteiger partial charge in [0, 0.05) is 43.6 Å². The maximum Gasteiger partial charge on any atom is 0.236 e. The van der Waals surface area contributed by atoms with Crippen molar-refractivity contribution < 1.29 is 12.8 Å². The highest BCUT2D eigenvalue weighted by Gasteiger charge is 2.31. The average molecular weight is 389 g/mol. The lowest BCUT2D eigenvalue weighted by molar-refractivity contribution is 0.248. The molecular formula is C20H24FN3O2S. The molecule has 27 heavy (non-hydrogen) atoms. The van der Waals surface area contributed by atoms with E-state index in [0.717, 1.165) is 37.9 Å². The molecule has 0 atom stereocenters. The number of hydrogen-bond donors (Lipinski definition) is 1. The minimum absolute atomic E-state index is 0.182. The summed E-state index contributed by atoms with van der Waals surface area (Å²) in [5.41, 5.74) is 2.21. The lowest BCUT2D eigenvalue weighted by Gasteiger charge is -2.36. The Morgan fingerprint density at radius 1 is 0.926 bits per heavy atom. The smallest absolute Gasteiger partial charge is 0.236 e. The lowest BCUT2D eigenvalue weighted by atomic mass is 10.2. The molecule has 1 aliphatic carbocycles. The second-order valence-electron chi connectivity index (χ2n) is 7.29. The van der Waals surface area contributed by atoms with Gasteiger partial charge in [0.25, 0.3) is 0 Å². The van der Waals surface area contributed by atoms with Crippen LogP contribution in [0.1, 0.15) is 18.4 Å². The quantitative estimate of drug-likeness (QED) is 0.825. The largest absolute Gasteiger partial charge is 0.369 e. The van der Waals surface area contributed by atoms with Gasteiger partial charge in [-0.3, -0.25) is 9.62 Å². The molecule has 0 aromatic heterocycles. The number of halogens is 1. The molecule has 1 N–H and O–H groups in total. The first-order valence-electron chi connectivity index (χ1n) is 9.32. The first-order valence-corrected chi connectivity index (χ1v) is 11.0. The Labute approximate surface area is 159 Å². The molecule has 2 aromatic rings. The van der Waals surface area contributed by atoms with E-state index >= 15 is 0 Å². The van der Waals surface area contributed by atoms with E-state index in [-0.39, 0.29) is 11.6 Å². The predicted octanol–water partition coefficient (Wildman–Crippen LogP) is 3.05. The normalized spacial score (nSPS) is 18.5. The van der Waals surface area contributed by atoms with Crippen LogP contribution in [-0.4, -0.2) is 45.5 Å². The second kappa shape index (κ2) is 7.48. The first-order chi connectivity index (χ1) is 13.0. The van der Waals surface area contributed by atoms with E-state index < -0.39 is 10.0 Å². The molecule has 0 unspecified atom stereocenters. The Balaban J connectivity index is 1.35. The minimum atomic E-state index is -3.54. The van der Waals surface area contributed by atoms with Crippen molar-refractivity contribution in [3.63, 3.8) is 0 Å². The number of piperazine rings is 1. The van der Waals surface area contributed by atoms with E-state index in [9.17, 15) is 12.8 Å². The van der Waals surface area contributed by atoms with Gasteiger partial charge in [0.05, 0.1) is 5.75 Å². The van der Waals surface area contributed by atoms with Crippen molar-refractivity contribution in [1.29, 1.82) is 0 Å². The summed E-state index contributed by atoms with van der Waals surface area (Å²) in [6.07, 6.45) is 2.68. The van der Waals surface area contributed by atoms with Gasteiger partial charge in [-0.1, -0.05) is 12.1 Å². The predicted molar refractivity (Wildman–Crippen MR) is 106 cm³/mol. The molecule has 2 aliphatic rings. The summed E-state index contributed by atoms with van der Waals surface area (Å²) >= 11 is 0. The van der Waals surface area contributed by atoms with Crippen LogP contribution in [-0.2, 0) is 15.8 Å². The highest BCUT2D eigenvalue weighted by Crippen LogP contribution is 2.28. The number of nitrogens with one attached hydrogen (secondary N) is 1. The van der Waals surface area contributed by atoms with E-state index in [2.05, 4.69) is 14.5 Å². The van der Waals surface area contributed by atoms with Crippen molar-refractivity contribution >= 4 is 21.4 Å². The average Bonchev–Trinajstić information content (AvgIpc) is 3.49. The van der Waals surface area contributed by atoms with Gasteiger partial charge in [0.2, 0.25) is 10.0 Å². The standard InChI is InChI=1S/C20H24FN3O2S/c21-17-3-1-16(2-4-17)15-27(25,26)22-18-5-7-19(8-6-18)23-11-13-24(14-12-23)20-9-10-20/h1-8,20,22H,9-15H2. The SMILES string of the molecule is O=S(=O)(Cc1ccc(F)cc1)Nc1ccc(N2CCN(C3CC3)CC2)cc1. The number of sulfonamides is 1. The Morgan fingerprint density at radius 3 is 2.15 bits per heavy atom. The van der Waals surface area contributed by atoms with Crippen LogP contribution in [0, 0.1) is 5.82 Å². The number of nitrogens with zero attached hydrogens (tertiary/aromatic N) is 2. The molecule has 4 rings (SSSR count). The Morgan fingerprint density at radius 2 is 1.56 bits per heavy atom. The van der Waals surface area contributed by atoms with Crippen LogP contribution in [0.5, 0.6) is 0 Å². The van der Waals surface area contributed by atoms with Crippen LogP contribution < -0.4 is 9.62 Å². The molecule has 1 heterocycles. The molecule has 1 saturated heterocycles. The summed E-state index contributed by atoms with van der Waals surface area (Å²) in [5.74, 6) is -0.560. The summed E-state index contributed by atoms with van der Waals surface area (Å²) in [4.78, 5) is 4.91. The molecule has 2 fully saturated rings. The van der Waals surface area contributed by atoms with Gasteiger partial charge in [0.15, 0.2) is 0 Å². The van der Waals surface area contributed by atoms with Crippen molar-refractivity contribution in [2.24, 2.45) is 0 Å². The summed E-state index contributed by atoms with van der Waals surface area (Å²) < 4.78 is 40.2. The van der Waals surface area contributed by atoms with E-state index in [1.165, 1.54) is 37.1 Å². The topological polar surface area (TPSA) is 52.7 Å². The van der Waals surface area contributed by atoms with Crippen molar-refractivity contribution in [2.45, 2.75) is 24.6 Å². The Hall–Kier alpha value is -2.12. The van der Waals surface area contributed by atoms with E-state index in [0.29, 0.717) is 11.3 Å². The van der Waals surface area contributed by atoms with E-state index in [1.807, 2.05) is 12.1 Å². The fourth-order valence-corrected chi connectivity index (χ4v) is 4.74. The fraction of sp³-hybridized carbons (Fsp3) is 0.400. The first kappa shape index (κ1) is 18.3. The number of anilines is 2. The van der Waals surface area contributed by atoms with Crippen molar-refractivity contribution in [1.82, 2.24) is 4.90 Å².